The van der Waals surface area contributed by atoms with E-state index < -0.39 is 21.7 Å². The lowest BCUT2D eigenvalue weighted by atomic mass is 9.99. The van der Waals surface area contributed by atoms with Crippen LogP contribution in [0.1, 0.15) is 38.5 Å². The lowest BCUT2D eigenvalue weighted by Crippen LogP contribution is -2.60. The van der Waals surface area contributed by atoms with E-state index in [1.807, 2.05) is 30.3 Å². The zero-order chi connectivity index (χ0) is 18.6. The number of nitrogens with one attached hydrogen (secondary N) is 2. The second-order valence-corrected chi connectivity index (χ2v) is 8.54. The molecule has 1 aromatic carbocycles. The van der Waals surface area contributed by atoms with E-state index in [-0.39, 0.29) is 6.10 Å². The highest BCUT2D eigenvalue weighted by molar-refractivity contribution is 7.87. The number of hydrogen-bond donors (Lipinski definition) is 3. The minimum absolute atomic E-state index is 0.0370. The molecule has 3 rings (SSSR count). The number of hydrogen-bond acceptors (Lipinski definition) is 5. The fourth-order valence-corrected chi connectivity index (χ4v) is 5.27. The summed E-state index contributed by atoms with van der Waals surface area (Å²) in [7, 11) is -3.82. The van der Waals surface area contributed by atoms with Crippen molar-refractivity contribution in [2.45, 2.75) is 50.2 Å². The van der Waals surface area contributed by atoms with Crippen LogP contribution >= 0.6 is 0 Å². The summed E-state index contributed by atoms with van der Waals surface area (Å²) in [6.45, 7) is 0.646. The van der Waals surface area contributed by atoms with Crippen LogP contribution in [-0.2, 0) is 15.0 Å². The summed E-state index contributed by atoms with van der Waals surface area (Å²) in [6, 6.07) is 9.46. The van der Waals surface area contributed by atoms with Crippen molar-refractivity contribution in [2.75, 3.05) is 13.1 Å². The molecule has 0 unspecified atom stereocenters. The van der Waals surface area contributed by atoms with E-state index in [4.69, 9.17) is 9.94 Å². The van der Waals surface area contributed by atoms with Crippen LogP contribution in [0.15, 0.2) is 30.3 Å². The van der Waals surface area contributed by atoms with E-state index >= 15 is 0 Å². The number of amides is 1. The number of para-hydroxylation sites is 1. The first-order valence-electron chi connectivity index (χ1n) is 8.90. The van der Waals surface area contributed by atoms with Gasteiger partial charge in [0.15, 0.2) is 0 Å². The highest BCUT2D eigenvalue weighted by Gasteiger charge is 2.46. The molecule has 2 aliphatic rings. The van der Waals surface area contributed by atoms with Crippen LogP contribution in [0.4, 0.5) is 0 Å². The fraction of sp³-hybridized carbons (Fsp3) is 0.588. The van der Waals surface area contributed by atoms with Gasteiger partial charge in [-0.05, 0) is 37.8 Å². The van der Waals surface area contributed by atoms with Crippen molar-refractivity contribution in [1.29, 1.82) is 0 Å². The first kappa shape index (κ1) is 19.1. The highest BCUT2D eigenvalue weighted by atomic mass is 32.2. The number of ether oxygens (including phenoxy) is 1. The van der Waals surface area contributed by atoms with Crippen LogP contribution in [0.25, 0.3) is 0 Å². The molecule has 0 atom stereocenters. The molecule has 1 heterocycles. The largest absolute Gasteiger partial charge is 0.490 e. The molecule has 144 valence electrons. The van der Waals surface area contributed by atoms with Gasteiger partial charge in [-0.15, -0.1) is 0 Å². The van der Waals surface area contributed by atoms with Crippen LogP contribution in [0.5, 0.6) is 5.75 Å². The molecule has 0 aromatic heterocycles. The van der Waals surface area contributed by atoms with Crippen LogP contribution in [-0.4, -0.2) is 48.6 Å². The lowest BCUT2D eigenvalue weighted by molar-refractivity contribution is -0.135. The lowest BCUT2D eigenvalue weighted by Gasteiger charge is -2.35. The van der Waals surface area contributed by atoms with E-state index in [0.29, 0.717) is 38.8 Å². The maximum Gasteiger partial charge on any atom is 0.280 e. The predicted octanol–water partition coefficient (Wildman–Crippen LogP) is 1.18. The number of hydroxylamine groups is 1. The second-order valence-electron chi connectivity index (χ2n) is 6.87. The van der Waals surface area contributed by atoms with Gasteiger partial charge >= 0.3 is 0 Å². The van der Waals surface area contributed by atoms with E-state index in [1.165, 1.54) is 4.31 Å². The predicted molar refractivity (Wildman–Crippen MR) is 94.8 cm³/mol. The molecule has 9 heteroatoms. The number of rotatable bonds is 6. The molecule has 1 saturated heterocycles. The minimum atomic E-state index is -3.82. The third-order valence-electron chi connectivity index (χ3n) is 5.10. The molecule has 3 N–H and O–H groups in total. The third-order valence-corrected chi connectivity index (χ3v) is 6.80. The maximum absolute atomic E-state index is 12.7. The van der Waals surface area contributed by atoms with Gasteiger partial charge in [-0.25, -0.2) is 5.48 Å². The van der Waals surface area contributed by atoms with Gasteiger partial charge in [0.2, 0.25) is 0 Å². The normalized spacial score (nSPS) is 21.4. The number of carbonyl (C=O) groups is 1. The average molecular weight is 383 g/mol. The van der Waals surface area contributed by atoms with Gasteiger partial charge < -0.3 is 4.74 Å². The second kappa shape index (κ2) is 7.91. The Morgan fingerprint density at radius 3 is 2.35 bits per heavy atom. The van der Waals surface area contributed by atoms with Crippen molar-refractivity contribution < 1.29 is 23.2 Å². The average Bonchev–Trinajstić information content (AvgIpc) is 3.11. The molecule has 8 nitrogen and oxygen atoms in total. The first-order chi connectivity index (χ1) is 12.5. The van der Waals surface area contributed by atoms with E-state index in [1.54, 1.807) is 5.48 Å². The molecule has 1 aliphatic carbocycles. The summed E-state index contributed by atoms with van der Waals surface area (Å²) < 4.78 is 35.3. The molecule has 0 spiro atoms. The van der Waals surface area contributed by atoms with Crippen molar-refractivity contribution >= 4 is 16.1 Å². The molecule has 1 saturated carbocycles. The Balaban J connectivity index is 1.60. The minimum Gasteiger partial charge on any atom is -0.490 e. The Labute approximate surface area is 153 Å². The van der Waals surface area contributed by atoms with Gasteiger partial charge in [0.05, 0.1) is 0 Å². The van der Waals surface area contributed by atoms with E-state index in [9.17, 15) is 13.2 Å². The summed E-state index contributed by atoms with van der Waals surface area (Å²) >= 11 is 0. The Hall–Kier alpha value is -1.68. The van der Waals surface area contributed by atoms with Gasteiger partial charge in [0.1, 0.15) is 17.4 Å². The van der Waals surface area contributed by atoms with Crippen LogP contribution in [0, 0.1) is 0 Å². The van der Waals surface area contributed by atoms with Crippen molar-refractivity contribution in [3.63, 3.8) is 0 Å². The van der Waals surface area contributed by atoms with Crippen LogP contribution in [0.2, 0.25) is 0 Å². The number of carbonyl (C=O) groups excluding carboxylic acids is 1. The Morgan fingerprint density at radius 2 is 1.77 bits per heavy atom. The summed E-state index contributed by atoms with van der Waals surface area (Å²) in [4.78, 5) is 12.0. The SMILES string of the molecule is O=C(NO)C1(NS(=O)(=O)N2CCC(Oc3ccccc3)CC2)CCCC1. The molecule has 26 heavy (non-hydrogen) atoms. The van der Waals surface area contributed by atoms with Gasteiger partial charge in [-0.3, -0.25) is 10.0 Å². The first-order valence-corrected chi connectivity index (χ1v) is 10.3. The fourth-order valence-electron chi connectivity index (χ4n) is 3.65. The van der Waals surface area contributed by atoms with Gasteiger partial charge in [0.25, 0.3) is 16.1 Å². The zero-order valence-corrected chi connectivity index (χ0v) is 15.4. The Kier molecular flexibility index (Phi) is 5.81. The zero-order valence-electron chi connectivity index (χ0n) is 14.6. The molecule has 1 aromatic rings. The summed E-state index contributed by atoms with van der Waals surface area (Å²) in [5, 5.41) is 8.98. The third kappa shape index (κ3) is 4.17. The van der Waals surface area contributed by atoms with Gasteiger partial charge in [-0.1, -0.05) is 31.0 Å². The summed E-state index contributed by atoms with van der Waals surface area (Å²) in [5.41, 5.74) is 0.344. The standard InChI is InChI=1S/C17H25N3O5S/c21-16(18-22)17(10-4-5-11-17)19-26(23,24)20-12-8-15(9-13-20)25-14-6-2-1-3-7-14/h1-3,6-7,15,19,22H,4-5,8-13H2,(H,18,21). The van der Waals surface area contributed by atoms with Crippen LogP contribution in [0.3, 0.4) is 0 Å². The number of piperidine rings is 1. The maximum atomic E-state index is 12.7. The molecular weight excluding hydrogens is 358 g/mol. The van der Waals surface area contributed by atoms with Crippen LogP contribution < -0.4 is 14.9 Å². The Bertz CT molecular complexity index is 711. The highest BCUT2D eigenvalue weighted by Crippen LogP contribution is 2.31. The molecule has 0 bridgehead atoms. The summed E-state index contributed by atoms with van der Waals surface area (Å²) in [5.74, 6) is 0.0809. The molecule has 1 amide bonds. The molecular formula is C17H25N3O5S. The van der Waals surface area contributed by atoms with E-state index in [0.717, 1.165) is 18.6 Å². The van der Waals surface area contributed by atoms with Crippen molar-refractivity contribution in [3.8, 4) is 5.75 Å². The van der Waals surface area contributed by atoms with Crippen molar-refractivity contribution in [3.05, 3.63) is 30.3 Å². The van der Waals surface area contributed by atoms with Gasteiger partial charge in [0, 0.05) is 13.1 Å². The van der Waals surface area contributed by atoms with E-state index in [2.05, 4.69) is 4.72 Å². The Morgan fingerprint density at radius 1 is 1.15 bits per heavy atom. The van der Waals surface area contributed by atoms with Crippen molar-refractivity contribution in [2.24, 2.45) is 0 Å². The van der Waals surface area contributed by atoms with Gasteiger partial charge in [-0.2, -0.15) is 17.4 Å². The molecule has 1 aliphatic heterocycles. The quantitative estimate of drug-likeness (QED) is 0.505. The number of benzene rings is 1. The molecule has 2 fully saturated rings. The monoisotopic (exact) mass is 383 g/mol. The molecule has 0 radical (unpaired) electrons. The number of nitrogens with zero attached hydrogens (tertiary/aromatic N) is 1. The van der Waals surface area contributed by atoms with Crippen molar-refractivity contribution in [1.82, 2.24) is 14.5 Å². The summed E-state index contributed by atoms with van der Waals surface area (Å²) in [6.07, 6.45) is 3.36. The topological polar surface area (TPSA) is 108 Å². The smallest absolute Gasteiger partial charge is 0.280 e.